The van der Waals surface area contributed by atoms with Crippen LogP contribution in [0.5, 0.6) is 0 Å². The summed E-state index contributed by atoms with van der Waals surface area (Å²) < 4.78 is 0. The van der Waals surface area contributed by atoms with Crippen LogP contribution in [0, 0.1) is 13.8 Å². The molecule has 7 nitrogen and oxygen atoms in total. The third kappa shape index (κ3) is 3.87. The maximum Gasteiger partial charge on any atom is 0.325 e. The van der Waals surface area contributed by atoms with Gasteiger partial charge in [-0.25, -0.2) is 4.79 Å². The number of hydrogen-bond acceptors (Lipinski definition) is 4. The summed E-state index contributed by atoms with van der Waals surface area (Å²) in [5.74, 6) is -0.597. The highest BCUT2D eigenvalue weighted by atomic mass is 16.2. The standard InChI is InChI=1S/C24H28N4O3/c1-17-7-6-9-19(15-17)26-11-13-27(14-12-26)21(29)16-28-22(30)24(3,25-23(28)31)20-10-5-4-8-18(20)2/h4-10,15H,11-14,16H2,1-3H3,(H,25,31). The second-order valence-corrected chi connectivity index (χ2v) is 8.47. The van der Waals surface area contributed by atoms with E-state index in [1.165, 1.54) is 5.56 Å². The van der Waals surface area contributed by atoms with Crippen molar-refractivity contribution in [1.82, 2.24) is 15.1 Å². The Morgan fingerprint density at radius 3 is 2.39 bits per heavy atom. The van der Waals surface area contributed by atoms with E-state index >= 15 is 0 Å². The largest absolute Gasteiger partial charge is 0.368 e. The van der Waals surface area contributed by atoms with Crippen LogP contribution in [0.3, 0.4) is 0 Å². The number of nitrogens with zero attached hydrogens (tertiary/aromatic N) is 3. The zero-order valence-corrected chi connectivity index (χ0v) is 18.2. The summed E-state index contributed by atoms with van der Waals surface area (Å²) in [4.78, 5) is 43.6. The van der Waals surface area contributed by atoms with E-state index in [4.69, 9.17) is 0 Å². The average Bonchev–Trinajstić information content (AvgIpc) is 2.98. The molecule has 0 saturated carbocycles. The molecule has 7 heteroatoms. The minimum atomic E-state index is -1.16. The molecule has 4 amide bonds. The lowest BCUT2D eigenvalue weighted by molar-refractivity contribution is -0.139. The number of amides is 4. The van der Waals surface area contributed by atoms with Crippen LogP contribution in [0.1, 0.15) is 23.6 Å². The minimum Gasteiger partial charge on any atom is -0.368 e. The van der Waals surface area contributed by atoms with Crippen molar-refractivity contribution < 1.29 is 14.4 Å². The first-order chi connectivity index (χ1) is 14.8. The number of carbonyl (C=O) groups excluding carboxylic acids is 3. The predicted molar refractivity (Wildman–Crippen MR) is 119 cm³/mol. The molecule has 2 aliphatic heterocycles. The van der Waals surface area contributed by atoms with E-state index < -0.39 is 17.5 Å². The van der Waals surface area contributed by atoms with Crippen molar-refractivity contribution >= 4 is 23.5 Å². The topological polar surface area (TPSA) is 73.0 Å². The monoisotopic (exact) mass is 420 g/mol. The summed E-state index contributed by atoms with van der Waals surface area (Å²) in [5.41, 5.74) is 2.85. The molecule has 2 aromatic carbocycles. The number of urea groups is 1. The number of imide groups is 1. The van der Waals surface area contributed by atoms with Gasteiger partial charge in [-0.05, 0) is 49.6 Å². The van der Waals surface area contributed by atoms with Gasteiger partial charge in [-0.3, -0.25) is 14.5 Å². The number of anilines is 1. The molecule has 0 bridgehead atoms. The second kappa shape index (κ2) is 8.06. The van der Waals surface area contributed by atoms with Crippen molar-refractivity contribution in [2.75, 3.05) is 37.6 Å². The molecule has 1 N–H and O–H groups in total. The Bertz CT molecular complexity index is 1030. The lowest BCUT2D eigenvalue weighted by Crippen LogP contribution is -2.52. The van der Waals surface area contributed by atoms with Crippen molar-refractivity contribution in [2.45, 2.75) is 26.3 Å². The third-order valence-electron chi connectivity index (χ3n) is 6.25. The zero-order chi connectivity index (χ0) is 22.2. The second-order valence-electron chi connectivity index (χ2n) is 8.47. The van der Waals surface area contributed by atoms with Crippen molar-refractivity contribution in [3.63, 3.8) is 0 Å². The van der Waals surface area contributed by atoms with Crippen LogP contribution in [0.4, 0.5) is 10.5 Å². The molecule has 2 aromatic rings. The van der Waals surface area contributed by atoms with E-state index in [2.05, 4.69) is 35.3 Å². The van der Waals surface area contributed by atoms with Gasteiger partial charge in [0.05, 0.1) is 0 Å². The van der Waals surface area contributed by atoms with Crippen LogP contribution in [-0.4, -0.2) is 60.4 Å². The maximum absolute atomic E-state index is 13.1. The number of carbonyl (C=O) groups is 3. The summed E-state index contributed by atoms with van der Waals surface area (Å²) in [7, 11) is 0. The number of hydrogen-bond donors (Lipinski definition) is 1. The summed E-state index contributed by atoms with van der Waals surface area (Å²) >= 11 is 0. The quantitative estimate of drug-likeness (QED) is 0.771. The highest BCUT2D eigenvalue weighted by molar-refractivity contribution is 6.09. The van der Waals surface area contributed by atoms with Gasteiger partial charge in [0.1, 0.15) is 12.1 Å². The Labute approximate surface area is 182 Å². The normalized spacial score (nSPS) is 21.5. The van der Waals surface area contributed by atoms with Gasteiger partial charge in [-0.1, -0.05) is 36.4 Å². The fourth-order valence-corrected chi connectivity index (χ4v) is 4.43. The molecule has 31 heavy (non-hydrogen) atoms. The summed E-state index contributed by atoms with van der Waals surface area (Å²) in [6.07, 6.45) is 0. The minimum absolute atomic E-state index is 0.207. The van der Waals surface area contributed by atoms with Crippen LogP contribution in [-0.2, 0) is 15.1 Å². The SMILES string of the molecule is Cc1cccc(N2CCN(C(=O)CN3C(=O)NC(C)(c4ccccc4C)C3=O)CC2)c1. The first-order valence-electron chi connectivity index (χ1n) is 10.6. The molecule has 0 radical (unpaired) electrons. The van der Waals surface area contributed by atoms with Gasteiger partial charge < -0.3 is 15.1 Å². The van der Waals surface area contributed by atoms with Crippen LogP contribution >= 0.6 is 0 Å². The number of aryl methyl sites for hydroxylation is 2. The molecule has 2 aliphatic rings. The smallest absolute Gasteiger partial charge is 0.325 e. The van der Waals surface area contributed by atoms with Gasteiger partial charge in [0.15, 0.2) is 0 Å². The van der Waals surface area contributed by atoms with E-state index in [0.717, 1.165) is 34.8 Å². The Morgan fingerprint density at radius 1 is 1.00 bits per heavy atom. The van der Waals surface area contributed by atoms with E-state index in [1.807, 2.05) is 37.3 Å². The summed E-state index contributed by atoms with van der Waals surface area (Å²) in [5, 5.41) is 2.79. The van der Waals surface area contributed by atoms with Crippen LogP contribution in [0.25, 0.3) is 0 Å². The first kappa shape index (κ1) is 20.9. The van der Waals surface area contributed by atoms with E-state index in [0.29, 0.717) is 13.1 Å². The van der Waals surface area contributed by atoms with Gasteiger partial charge in [0.25, 0.3) is 5.91 Å². The fourth-order valence-electron chi connectivity index (χ4n) is 4.43. The molecular weight excluding hydrogens is 392 g/mol. The number of rotatable bonds is 4. The molecule has 0 aromatic heterocycles. The van der Waals surface area contributed by atoms with Gasteiger partial charge in [0, 0.05) is 31.9 Å². The molecule has 2 saturated heterocycles. The summed E-state index contributed by atoms with van der Waals surface area (Å²) in [6, 6.07) is 15.3. The van der Waals surface area contributed by atoms with Gasteiger partial charge in [-0.15, -0.1) is 0 Å². The van der Waals surface area contributed by atoms with Crippen LogP contribution < -0.4 is 10.2 Å². The molecule has 162 valence electrons. The molecule has 0 aliphatic carbocycles. The van der Waals surface area contributed by atoms with Crippen molar-refractivity contribution in [1.29, 1.82) is 0 Å². The van der Waals surface area contributed by atoms with Crippen LogP contribution in [0.2, 0.25) is 0 Å². The Hall–Kier alpha value is -3.35. The third-order valence-corrected chi connectivity index (χ3v) is 6.25. The Balaban J connectivity index is 1.41. The molecule has 1 atom stereocenters. The van der Waals surface area contributed by atoms with Gasteiger partial charge in [-0.2, -0.15) is 0 Å². The molecule has 2 heterocycles. The lowest BCUT2D eigenvalue weighted by Gasteiger charge is -2.36. The van der Waals surface area contributed by atoms with Crippen LogP contribution in [0.15, 0.2) is 48.5 Å². The van der Waals surface area contributed by atoms with E-state index in [9.17, 15) is 14.4 Å². The van der Waals surface area contributed by atoms with Crippen molar-refractivity contribution in [3.8, 4) is 0 Å². The van der Waals surface area contributed by atoms with E-state index in [-0.39, 0.29) is 12.5 Å². The maximum atomic E-state index is 13.1. The number of nitrogens with one attached hydrogen (secondary N) is 1. The molecule has 2 fully saturated rings. The Morgan fingerprint density at radius 2 is 1.71 bits per heavy atom. The van der Waals surface area contributed by atoms with Crippen molar-refractivity contribution in [2.24, 2.45) is 0 Å². The fraction of sp³-hybridized carbons (Fsp3) is 0.375. The van der Waals surface area contributed by atoms with Gasteiger partial charge >= 0.3 is 6.03 Å². The Kier molecular flexibility index (Phi) is 5.43. The van der Waals surface area contributed by atoms with Gasteiger partial charge in [0.2, 0.25) is 5.91 Å². The summed E-state index contributed by atoms with van der Waals surface area (Å²) in [6.45, 7) is 7.98. The molecule has 0 spiro atoms. The number of piperazine rings is 1. The predicted octanol–water partition coefficient (Wildman–Crippen LogP) is 2.42. The average molecular weight is 421 g/mol. The van der Waals surface area contributed by atoms with Crippen molar-refractivity contribution in [3.05, 3.63) is 65.2 Å². The zero-order valence-electron chi connectivity index (χ0n) is 18.2. The molecular formula is C24H28N4O3. The molecule has 1 unspecified atom stereocenters. The lowest BCUT2D eigenvalue weighted by atomic mass is 9.88. The highest BCUT2D eigenvalue weighted by Gasteiger charge is 2.50. The first-order valence-corrected chi connectivity index (χ1v) is 10.6. The highest BCUT2D eigenvalue weighted by Crippen LogP contribution is 2.31. The number of benzene rings is 2. The van der Waals surface area contributed by atoms with E-state index in [1.54, 1.807) is 11.8 Å². The molecule has 4 rings (SSSR count).